The third-order valence-corrected chi connectivity index (χ3v) is 5.29. The van der Waals surface area contributed by atoms with Gasteiger partial charge in [-0.05, 0) is 11.6 Å². The Kier molecular flexibility index (Phi) is 4.56. The Bertz CT molecular complexity index is 780. The van der Waals surface area contributed by atoms with Crippen molar-refractivity contribution in [3.63, 3.8) is 0 Å². The second kappa shape index (κ2) is 6.86. The van der Waals surface area contributed by atoms with Gasteiger partial charge >= 0.3 is 0 Å². The third-order valence-electron chi connectivity index (χ3n) is 5.29. The van der Waals surface area contributed by atoms with Crippen LogP contribution in [0.25, 0.3) is 0 Å². The Morgan fingerprint density at radius 1 is 1.38 bits per heavy atom. The average Bonchev–Trinajstić information content (AvgIpc) is 3.26. The molecule has 140 valence electrons. The minimum Gasteiger partial charge on any atom is -0.497 e. The highest BCUT2D eigenvalue weighted by Gasteiger charge is 2.51. The Morgan fingerprint density at radius 2 is 2.27 bits per heavy atom. The lowest BCUT2D eigenvalue weighted by Crippen LogP contribution is -2.42. The maximum atomic E-state index is 10.1. The summed E-state index contributed by atoms with van der Waals surface area (Å²) in [5.74, 6) is 2.88. The van der Waals surface area contributed by atoms with Gasteiger partial charge in [0.1, 0.15) is 18.1 Å². The van der Waals surface area contributed by atoms with E-state index in [-0.39, 0.29) is 17.9 Å². The molecule has 3 heterocycles. The molecule has 1 aromatic carbocycles. The molecule has 0 amide bonds. The van der Waals surface area contributed by atoms with Crippen molar-refractivity contribution in [3.05, 3.63) is 35.5 Å². The highest BCUT2D eigenvalue weighted by Crippen LogP contribution is 2.50. The zero-order chi connectivity index (χ0) is 18.1. The predicted octanol–water partition coefficient (Wildman–Crippen LogP) is 1.20. The van der Waals surface area contributed by atoms with Gasteiger partial charge in [0.25, 0.3) is 0 Å². The van der Waals surface area contributed by atoms with Crippen LogP contribution >= 0.6 is 0 Å². The van der Waals surface area contributed by atoms with Crippen molar-refractivity contribution in [2.75, 3.05) is 40.5 Å². The van der Waals surface area contributed by atoms with E-state index in [1.807, 2.05) is 18.2 Å². The molecular formula is C18H23N3O5. The van der Waals surface area contributed by atoms with Crippen LogP contribution in [0.5, 0.6) is 11.5 Å². The number of likely N-dealkylation sites (tertiary alicyclic amines) is 1. The van der Waals surface area contributed by atoms with Crippen LogP contribution in [0.1, 0.15) is 23.2 Å². The van der Waals surface area contributed by atoms with Crippen molar-refractivity contribution >= 4 is 0 Å². The number of rotatable bonds is 6. The van der Waals surface area contributed by atoms with Gasteiger partial charge in [-0.15, -0.1) is 0 Å². The summed E-state index contributed by atoms with van der Waals surface area (Å²) in [6, 6.07) is 5.89. The van der Waals surface area contributed by atoms with Gasteiger partial charge in [0, 0.05) is 37.6 Å². The SMILES string of the molecule is COCc1noc(CN2CC3c4ccc(OC)cc4OCC3(CO)C2)n1. The summed E-state index contributed by atoms with van der Waals surface area (Å²) in [6.07, 6.45) is 0. The summed E-state index contributed by atoms with van der Waals surface area (Å²) in [4.78, 5) is 6.57. The van der Waals surface area contributed by atoms with Crippen LogP contribution in [0.15, 0.2) is 22.7 Å². The molecule has 0 aliphatic carbocycles. The van der Waals surface area contributed by atoms with E-state index in [1.165, 1.54) is 0 Å². The molecule has 1 aromatic heterocycles. The zero-order valence-electron chi connectivity index (χ0n) is 15.0. The zero-order valence-corrected chi connectivity index (χ0v) is 15.0. The van der Waals surface area contributed by atoms with Crippen molar-refractivity contribution in [1.29, 1.82) is 0 Å². The van der Waals surface area contributed by atoms with Crippen molar-refractivity contribution in [2.45, 2.75) is 19.1 Å². The molecule has 8 heteroatoms. The molecule has 0 radical (unpaired) electrons. The average molecular weight is 361 g/mol. The summed E-state index contributed by atoms with van der Waals surface area (Å²) in [6.45, 7) is 2.92. The normalized spacial score (nSPS) is 24.8. The van der Waals surface area contributed by atoms with E-state index < -0.39 is 0 Å². The lowest BCUT2D eigenvalue weighted by molar-refractivity contribution is 0.0449. The maximum Gasteiger partial charge on any atom is 0.240 e. The first-order chi connectivity index (χ1) is 12.7. The van der Waals surface area contributed by atoms with E-state index in [9.17, 15) is 5.11 Å². The van der Waals surface area contributed by atoms with E-state index in [4.69, 9.17) is 18.7 Å². The summed E-state index contributed by atoms with van der Waals surface area (Å²) < 4.78 is 21.6. The molecule has 1 fully saturated rings. The predicted molar refractivity (Wildman–Crippen MR) is 91.0 cm³/mol. The number of aliphatic hydroxyl groups is 1. The number of aliphatic hydroxyl groups excluding tert-OH is 1. The van der Waals surface area contributed by atoms with Crippen LogP contribution in [0.4, 0.5) is 0 Å². The fourth-order valence-corrected chi connectivity index (χ4v) is 3.98. The molecule has 2 atom stereocenters. The van der Waals surface area contributed by atoms with Gasteiger partial charge in [-0.3, -0.25) is 4.90 Å². The smallest absolute Gasteiger partial charge is 0.240 e. The second-order valence-electron chi connectivity index (χ2n) is 6.97. The number of fused-ring (bicyclic) bond motifs is 3. The molecular weight excluding hydrogens is 338 g/mol. The molecule has 2 unspecified atom stereocenters. The highest BCUT2D eigenvalue weighted by atomic mass is 16.5. The molecule has 2 aromatic rings. The van der Waals surface area contributed by atoms with Crippen LogP contribution in [0.3, 0.4) is 0 Å². The first-order valence-electron chi connectivity index (χ1n) is 8.62. The largest absolute Gasteiger partial charge is 0.497 e. The quantitative estimate of drug-likeness (QED) is 0.821. The van der Waals surface area contributed by atoms with E-state index in [1.54, 1.807) is 14.2 Å². The Morgan fingerprint density at radius 3 is 3.04 bits per heavy atom. The molecule has 1 saturated heterocycles. The fourth-order valence-electron chi connectivity index (χ4n) is 3.98. The third kappa shape index (κ3) is 2.94. The standard InChI is InChI=1S/C18H23N3O5/c1-23-8-16-19-17(26-20-16)7-21-6-14-13-4-3-12(24-2)5-15(13)25-11-18(14,9-21)10-22/h3-5,14,22H,6-11H2,1-2H3. The first-order valence-corrected chi connectivity index (χ1v) is 8.62. The molecule has 1 N–H and O–H groups in total. The number of benzene rings is 1. The van der Waals surface area contributed by atoms with Gasteiger partial charge in [0.05, 0.1) is 26.9 Å². The molecule has 0 saturated carbocycles. The molecule has 2 aliphatic heterocycles. The molecule has 0 bridgehead atoms. The van der Waals surface area contributed by atoms with Crippen LogP contribution in [0, 0.1) is 5.41 Å². The molecule has 2 aliphatic rings. The van der Waals surface area contributed by atoms with Crippen LogP contribution in [-0.2, 0) is 17.9 Å². The summed E-state index contributed by atoms with van der Waals surface area (Å²) >= 11 is 0. The minimum atomic E-state index is -0.322. The molecule has 26 heavy (non-hydrogen) atoms. The monoisotopic (exact) mass is 361 g/mol. The topological polar surface area (TPSA) is 90.1 Å². The van der Waals surface area contributed by atoms with Crippen LogP contribution < -0.4 is 9.47 Å². The van der Waals surface area contributed by atoms with Gasteiger partial charge in [-0.1, -0.05) is 11.2 Å². The molecule has 0 spiro atoms. The number of aromatic nitrogens is 2. The van der Waals surface area contributed by atoms with Crippen LogP contribution in [0.2, 0.25) is 0 Å². The van der Waals surface area contributed by atoms with Gasteiger partial charge in [0.15, 0.2) is 5.82 Å². The first kappa shape index (κ1) is 17.3. The lowest BCUT2D eigenvalue weighted by Gasteiger charge is -2.38. The molecule has 4 rings (SSSR count). The summed E-state index contributed by atoms with van der Waals surface area (Å²) in [7, 11) is 3.24. The Labute approximate surface area is 151 Å². The van der Waals surface area contributed by atoms with E-state index in [2.05, 4.69) is 15.0 Å². The number of hydrogen-bond acceptors (Lipinski definition) is 8. The number of methoxy groups -OCH3 is 2. The minimum absolute atomic E-state index is 0.0679. The van der Waals surface area contributed by atoms with Gasteiger partial charge in [0.2, 0.25) is 5.89 Å². The van der Waals surface area contributed by atoms with E-state index in [0.29, 0.717) is 38.0 Å². The van der Waals surface area contributed by atoms with Crippen molar-refractivity contribution < 1.29 is 23.8 Å². The van der Waals surface area contributed by atoms with E-state index >= 15 is 0 Å². The molecule has 8 nitrogen and oxygen atoms in total. The summed E-state index contributed by atoms with van der Waals surface area (Å²) in [5, 5.41) is 14.0. The van der Waals surface area contributed by atoms with Crippen molar-refractivity contribution in [3.8, 4) is 11.5 Å². The van der Waals surface area contributed by atoms with Crippen LogP contribution in [-0.4, -0.2) is 60.7 Å². The Hall–Kier alpha value is -2.16. The lowest BCUT2D eigenvalue weighted by atomic mass is 9.74. The van der Waals surface area contributed by atoms with Gasteiger partial charge in [-0.2, -0.15) is 4.98 Å². The maximum absolute atomic E-state index is 10.1. The summed E-state index contributed by atoms with van der Waals surface area (Å²) in [5.41, 5.74) is 0.788. The van der Waals surface area contributed by atoms with Gasteiger partial charge in [-0.25, -0.2) is 0 Å². The number of ether oxygens (including phenoxy) is 3. The number of nitrogens with zero attached hydrogens (tertiary/aromatic N) is 3. The second-order valence-corrected chi connectivity index (χ2v) is 6.97. The van der Waals surface area contributed by atoms with Crippen molar-refractivity contribution in [1.82, 2.24) is 15.0 Å². The fraction of sp³-hybridized carbons (Fsp3) is 0.556. The van der Waals surface area contributed by atoms with E-state index in [0.717, 1.165) is 23.6 Å². The van der Waals surface area contributed by atoms with Crippen molar-refractivity contribution in [2.24, 2.45) is 5.41 Å². The number of hydrogen-bond donors (Lipinski definition) is 1. The highest BCUT2D eigenvalue weighted by molar-refractivity contribution is 5.46. The Balaban J connectivity index is 1.55. The van der Waals surface area contributed by atoms with Gasteiger partial charge < -0.3 is 23.8 Å².